The van der Waals surface area contributed by atoms with Gasteiger partial charge in [0.1, 0.15) is 0 Å². The predicted molar refractivity (Wildman–Crippen MR) is 116 cm³/mol. The molecular formula is C22H48N4. The molecule has 2 aliphatic heterocycles. The Morgan fingerprint density at radius 3 is 1.69 bits per heavy atom. The molecule has 2 rings (SSSR count). The minimum Gasteiger partial charge on any atom is -0.314 e. The number of piperidine rings is 2. The fourth-order valence-electron chi connectivity index (χ4n) is 4.02. The van der Waals surface area contributed by atoms with E-state index >= 15 is 0 Å². The highest BCUT2D eigenvalue weighted by molar-refractivity contribution is 4.79. The Bertz CT molecular complexity index is 311. The first-order chi connectivity index (χ1) is 12.3. The van der Waals surface area contributed by atoms with E-state index in [1.807, 2.05) is 0 Å². The average molecular weight is 369 g/mol. The van der Waals surface area contributed by atoms with Crippen molar-refractivity contribution in [1.29, 1.82) is 0 Å². The molecule has 0 aromatic rings. The summed E-state index contributed by atoms with van der Waals surface area (Å²) >= 11 is 0. The molecule has 0 bridgehead atoms. The van der Waals surface area contributed by atoms with Crippen LogP contribution in [0.4, 0.5) is 0 Å². The molecule has 1 N–H and O–H groups in total. The number of rotatable bonds is 7. The van der Waals surface area contributed by atoms with E-state index in [0.717, 1.165) is 24.2 Å². The molecule has 2 saturated heterocycles. The number of hydrogen-bond donors (Lipinski definition) is 1. The molecule has 0 saturated carbocycles. The molecule has 156 valence electrons. The second-order valence-electron chi connectivity index (χ2n) is 9.04. The Hall–Kier alpha value is -0.160. The molecule has 26 heavy (non-hydrogen) atoms. The molecule has 0 spiro atoms. The Morgan fingerprint density at radius 2 is 1.31 bits per heavy atom. The van der Waals surface area contributed by atoms with E-state index in [1.54, 1.807) is 0 Å². The second kappa shape index (κ2) is 13.1. The number of likely N-dealkylation sites (tertiary alicyclic amines) is 2. The lowest BCUT2D eigenvalue weighted by molar-refractivity contribution is 0.121. The van der Waals surface area contributed by atoms with Crippen molar-refractivity contribution in [3.05, 3.63) is 0 Å². The van der Waals surface area contributed by atoms with Crippen LogP contribution >= 0.6 is 0 Å². The Labute approximate surface area is 164 Å². The van der Waals surface area contributed by atoms with Gasteiger partial charge in [-0.05, 0) is 107 Å². The van der Waals surface area contributed by atoms with Crippen LogP contribution in [-0.2, 0) is 0 Å². The summed E-state index contributed by atoms with van der Waals surface area (Å²) in [5.74, 6) is 0. The zero-order valence-electron chi connectivity index (χ0n) is 18.9. The van der Waals surface area contributed by atoms with Crippen LogP contribution < -0.4 is 5.32 Å². The number of nitrogens with one attached hydrogen (secondary N) is 1. The zero-order chi connectivity index (χ0) is 19.5. The Kier molecular flexibility index (Phi) is 12.0. The van der Waals surface area contributed by atoms with Crippen molar-refractivity contribution in [2.24, 2.45) is 0 Å². The van der Waals surface area contributed by atoms with Gasteiger partial charge >= 0.3 is 0 Å². The smallest absolute Gasteiger partial charge is 0.0113 e. The largest absolute Gasteiger partial charge is 0.314 e. The molecule has 4 nitrogen and oxygen atoms in total. The monoisotopic (exact) mass is 368 g/mol. The summed E-state index contributed by atoms with van der Waals surface area (Å²) in [6, 6.07) is 3.07. The first-order valence-corrected chi connectivity index (χ1v) is 11.2. The van der Waals surface area contributed by atoms with Crippen molar-refractivity contribution < 1.29 is 0 Å². The van der Waals surface area contributed by atoms with Gasteiger partial charge < -0.3 is 20.0 Å². The predicted octanol–water partition coefficient (Wildman–Crippen LogP) is 3.67. The summed E-state index contributed by atoms with van der Waals surface area (Å²) in [7, 11) is 4.38. The molecule has 0 aromatic carbocycles. The van der Waals surface area contributed by atoms with E-state index in [4.69, 9.17) is 0 Å². The van der Waals surface area contributed by atoms with Gasteiger partial charge in [0, 0.05) is 24.2 Å². The minimum absolute atomic E-state index is 0.728. The fraction of sp³-hybridized carbons (Fsp3) is 1.00. The Morgan fingerprint density at radius 1 is 0.846 bits per heavy atom. The van der Waals surface area contributed by atoms with E-state index in [9.17, 15) is 0 Å². The van der Waals surface area contributed by atoms with Crippen LogP contribution in [0.15, 0.2) is 0 Å². The van der Waals surface area contributed by atoms with Gasteiger partial charge in [-0.3, -0.25) is 0 Å². The summed E-state index contributed by atoms with van der Waals surface area (Å²) in [4.78, 5) is 7.51. The molecule has 4 heteroatoms. The van der Waals surface area contributed by atoms with Crippen molar-refractivity contribution in [2.75, 3.05) is 46.8 Å². The topological polar surface area (TPSA) is 21.8 Å². The molecule has 2 fully saturated rings. The third-order valence-corrected chi connectivity index (χ3v) is 6.18. The standard InChI is InChI=1S/C12H26N2.C10H22N2/c1-4-5-8-13-12-6-9-14(10-7-12)11(2)3;1-9(2)12-7-5-10(6-8-12)11(3)4/h11-13H,4-10H2,1-3H3;9-10H,5-8H2,1-4H3. The lowest BCUT2D eigenvalue weighted by atomic mass is 10.0. The molecule has 0 atom stereocenters. The summed E-state index contributed by atoms with van der Waals surface area (Å²) in [5.41, 5.74) is 0. The highest BCUT2D eigenvalue weighted by Gasteiger charge is 2.21. The summed E-state index contributed by atoms with van der Waals surface area (Å²) < 4.78 is 0. The summed E-state index contributed by atoms with van der Waals surface area (Å²) in [6.07, 6.45) is 7.97. The van der Waals surface area contributed by atoms with Gasteiger partial charge in [-0.2, -0.15) is 0 Å². The van der Waals surface area contributed by atoms with Crippen molar-refractivity contribution in [3.63, 3.8) is 0 Å². The van der Waals surface area contributed by atoms with Crippen LogP contribution in [0, 0.1) is 0 Å². The van der Waals surface area contributed by atoms with Crippen LogP contribution in [-0.4, -0.2) is 85.7 Å². The normalized spacial score (nSPS) is 21.5. The first kappa shape index (κ1) is 23.9. The first-order valence-electron chi connectivity index (χ1n) is 11.2. The third-order valence-electron chi connectivity index (χ3n) is 6.18. The summed E-state index contributed by atoms with van der Waals surface area (Å²) in [6.45, 7) is 17.7. The van der Waals surface area contributed by atoms with Crippen LogP contribution in [0.2, 0.25) is 0 Å². The van der Waals surface area contributed by atoms with Crippen LogP contribution in [0.1, 0.15) is 73.1 Å². The van der Waals surface area contributed by atoms with Gasteiger partial charge in [0.2, 0.25) is 0 Å². The minimum atomic E-state index is 0.728. The fourth-order valence-corrected chi connectivity index (χ4v) is 4.02. The van der Waals surface area contributed by atoms with E-state index in [-0.39, 0.29) is 0 Å². The molecule has 0 aliphatic carbocycles. The number of unbranched alkanes of at least 4 members (excludes halogenated alkanes) is 1. The van der Waals surface area contributed by atoms with Crippen LogP contribution in [0.25, 0.3) is 0 Å². The average Bonchev–Trinajstić information content (AvgIpc) is 2.63. The number of nitrogens with zero attached hydrogens (tertiary/aromatic N) is 3. The lowest BCUT2D eigenvalue weighted by Crippen LogP contribution is -2.45. The highest BCUT2D eigenvalue weighted by atomic mass is 15.2. The molecule has 0 radical (unpaired) electrons. The molecule has 2 aliphatic rings. The summed E-state index contributed by atoms with van der Waals surface area (Å²) in [5, 5.41) is 3.66. The van der Waals surface area contributed by atoms with Gasteiger partial charge in [0.15, 0.2) is 0 Å². The van der Waals surface area contributed by atoms with Crippen LogP contribution in [0.3, 0.4) is 0 Å². The molecular weight excluding hydrogens is 320 g/mol. The molecule has 0 amide bonds. The second-order valence-corrected chi connectivity index (χ2v) is 9.04. The van der Waals surface area contributed by atoms with Crippen molar-refractivity contribution in [3.8, 4) is 0 Å². The maximum absolute atomic E-state index is 3.66. The van der Waals surface area contributed by atoms with E-state index in [2.05, 4.69) is 68.7 Å². The van der Waals surface area contributed by atoms with Crippen molar-refractivity contribution in [1.82, 2.24) is 20.0 Å². The quantitative estimate of drug-likeness (QED) is 0.692. The van der Waals surface area contributed by atoms with E-state index < -0.39 is 0 Å². The number of hydrogen-bond acceptors (Lipinski definition) is 4. The maximum atomic E-state index is 3.66. The third kappa shape index (κ3) is 9.16. The molecule has 2 heterocycles. The highest BCUT2D eigenvalue weighted by Crippen LogP contribution is 2.15. The maximum Gasteiger partial charge on any atom is 0.0113 e. The van der Waals surface area contributed by atoms with E-state index in [0.29, 0.717) is 0 Å². The van der Waals surface area contributed by atoms with Gasteiger partial charge in [0.05, 0.1) is 0 Å². The molecule has 0 unspecified atom stereocenters. The van der Waals surface area contributed by atoms with Gasteiger partial charge in [-0.1, -0.05) is 13.3 Å². The van der Waals surface area contributed by atoms with Crippen LogP contribution in [0.5, 0.6) is 0 Å². The van der Waals surface area contributed by atoms with Gasteiger partial charge in [0.25, 0.3) is 0 Å². The van der Waals surface area contributed by atoms with Gasteiger partial charge in [-0.25, -0.2) is 0 Å². The Balaban J connectivity index is 0.000000263. The van der Waals surface area contributed by atoms with E-state index in [1.165, 1.54) is 71.2 Å². The van der Waals surface area contributed by atoms with Crippen molar-refractivity contribution in [2.45, 2.75) is 97.3 Å². The zero-order valence-corrected chi connectivity index (χ0v) is 18.9. The molecule has 0 aromatic heterocycles. The van der Waals surface area contributed by atoms with Crippen molar-refractivity contribution >= 4 is 0 Å². The van der Waals surface area contributed by atoms with Gasteiger partial charge in [-0.15, -0.1) is 0 Å². The lowest BCUT2D eigenvalue weighted by Gasteiger charge is -2.37. The SMILES string of the molecule is CC(C)N1CCC(N(C)C)CC1.CCCCNC1CCN(C(C)C)CC1.